The highest BCUT2D eigenvalue weighted by Crippen LogP contribution is 2.18. The second-order valence-corrected chi connectivity index (χ2v) is 6.24. The summed E-state index contributed by atoms with van der Waals surface area (Å²) in [5, 5.41) is 3.97. The van der Waals surface area contributed by atoms with Crippen LogP contribution in [0.1, 0.15) is 22.3 Å². The monoisotopic (exact) mass is 326 g/mol. The summed E-state index contributed by atoms with van der Waals surface area (Å²) in [4.78, 5) is 16.7. The Bertz CT molecular complexity index is 768. The van der Waals surface area contributed by atoms with Crippen molar-refractivity contribution in [2.45, 2.75) is 19.8 Å². The van der Waals surface area contributed by atoms with Crippen LogP contribution in [0, 0.1) is 6.92 Å². The smallest absolute Gasteiger partial charge is 0.141 e. The maximum atomic E-state index is 12.3. The molecule has 0 saturated carbocycles. The number of nitrogens with zero attached hydrogens (tertiary/aromatic N) is 1. The number of aryl methyl sites for hydroxylation is 1. The molecule has 0 amide bonds. The standard InChI is InChI=1S/C19H19ClN2O/c1-13-5-6-15(12-18(13)20)11-17(23)10-14-3-2-4-16(9-14)19-21-7-8-22-19/h2-6,9,12H,7-8,10-11H2,1H3,(H,21,22). The van der Waals surface area contributed by atoms with Crippen molar-refractivity contribution in [3.05, 3.63) is 69.7 Å². The minimum absolute atomic E-state index is 0.184. The lowest BCUT2D eigenvalue weighted by atomic mass is 10.0. The Kier molecular flexibility index (Phi) is 4.77. The first-order valence-corrected chi connectivity index (χ1v) is 8.14. The predicted octanol–water partition coefficient (Wildman–Crippen LogP) is 3.35. The van der Waals surface area contributed by atoms with Crippen LogP contribution in [-0.4, -0.2) is 24.7 Å². The molecule has 2 aromatic rings. The molecule has 0 unspecified atom stereocenters. The summed E-state index contributed by atoms with van der Waals surface area (Å²) in [7, 11) is 0. The summed E-state index contributed by atoms with van der Waals surface area (Å²) in [5.74, 6) is 1.10. The van der Waals surface area contributed by atoms with Gasteiger partial charge in [-0.2, -0.15) is 0 Å². The van der Waals surface area contributed by atoms with Gasteiger partial charge in [-0.05, 0) is 35.7 Å². The third-order valence-corrected chi connectivity index (χ3v) is 4.32. The van der Waals surface area contributed by atoms with Crippen molar-refractivity contribution in [3.63, 3.8) is 0 Å². The van der Waals surface area contributed by atoms with Gasteiger partial charge in [-0.15, -0.1) is 0 Å². The average Bonchev–Trinajstić information content (AvgIpc) is 3.05. The molecule has 4 heteroatoms. The summed E-state index contributed by atoms with van der Waals surface area (Å²) in [6, 6.07) is 13.8. The van der Waals surface area contributed by atoms with Crippen molar-refractivity contribution in [3.8, 4) is 0 Å². The fourth-order valence-corrected chi connectivity index (χ4v) is 2.89. The zero-order chi connectivity index (χ0) is 16.2. The largest absolute Gasteiger partial charge is 0.368 e. The maximum absolute atomic E-state index is 12.3. The van der Waals surface area contributed by atoms with Gasteiger partial charge in [0.15, 0.2) is 0 Å². The molecule has 1 aliphatic rings. The van der Waals surface area contributed by atoms with E-state index in [0.717, 1.165) is 41.2 Å². The van der Waals surface area contributed by atoms with Crippen molar-refractivity contribution in [1.29, 1.82) is 0 Å². The van der Waals surface area contributed by atoms with Crippen LogP contribution in [0.25, 0.3) is 0 Å². The van der Waals surface area contributed by atoms with Gasteiger partial charge in [0.1, 0.15) is 11.6 Å². The lowest BCUT2D eigenvalue weighted by Gasteiger charge is -2.07. The second kappa shape index (κ2) is 6.97. The van der Waals surface area contributed by atoms with Crippen LogP contribution in [-0.2, 0) is 17.6 Å². The van der Waals surface area contributed by atoms with E-state index in [9.17, 15) is 4.79 Å². The molecule has 1 heterocycles. The molecule has 0 atom stereocenters. The maximum Gasteiger partial charge on any atom is 0.141 e. The van der Waals surface area contributed by atoms with E-state index in [-0.39, 0.29) is 5.78 Å². The Balaban J connectivity index is 1.67. The van der Waals surface area contributed by atoms with Crippen molar-refractivity contribution < 1.29 is 4.79 Å². The number of nitrogens with one attached hydrogen (secondary N) is 1. The summed E-state index contributed by atoms with van der Waals surface area (Å²) in [6.45, 7) is 3.65. The molecular formula is C19H19ClN2O. The number of hydrogen-bond donors (Lipinski definition) is 1. The molecule has 0 aromatic heterocycles. The average molecular weight is 327 g/mol. The zero-order valence-electron chi connectivity index (χ0n) is 13.1. The van der Waals surface area contributed by atoms with Crippen LogP contribution in [0.2, 0.25) is 5.02 Å². The van der Waals surface area contributed by atoms with Gasteiger partial charge in [0.2, 0.25) is 0 Å². The SMILES string of the molecule is Cc1ccc(CC(=O)Cc2cccc(C3=NCCN3)c2)cc1Cl. The first kappa shape index (κ1) is 15.8. The van der Waals surface area contributed by atoms with Crippen LogP contribution in [0.4, 0.5) is 0 Å². The van der Waals surface area contributed by atoms with E-state index in [0.29, 0.717) is 17.9 Å². The van der Waals surface area contributed by atoms with Crippen LogP contribution < -0.4 is 5.32 Å². The van der Waals surface area contributed by atoms with Crippen LogP contribution in [0.5, 0.6) is 0 Å². The Morgan fingerprint density at radius 3 is 2.65 bits per heavy atom. The molecular weight excluding hydrogens is 308 g/mol. The number of benzene rings is 2. The summed E-state index contributed by atoms with van der Waals surface area (Å²) in [5.41, 5.74) is 4.05. The molecule has 1 aliphatic heterocycles. The Hall–Kier alpha value is -2.13. The second-order valence-electron chi connectivity index (χ2n) is 5.83. The van der Waals surface area contributed by atoms with Gasteiger partial charge in [-0.1, -0.05) is 41.9 Å². The third-order valence-electron chi connectivity index (χ3n) is 3.91. The predicted molar refractivity (Wildman–Crippen MR) is 94.5 cm³/mol. The number of Topliss-reactive ketones (excluding diaryl/α,β-unsaturated/α-hetero) is 1. The topological polar surface area (TPSA) is 41.5 Å². The molecule has 3 nitrogen and oxygen atoms in total. The number of aliphatic imine (C=N–C) groups is 1. The molecule has 2 aromatic carbocycles. The van der Waals surface area contributed by atoms with E-state index < -0.39 is 0 Å². The fraction of sp³-hybridized carbons (Fsp3) is 0.263. The first-order valence-electron chi connectivity index (χ1n) is 7.76. The number of ketones is 1. The number of halogens is 1. The molecule has 0 saturated heterocycles. The van der Waals surface area contributed by atoms with Crippen LogP contribution in [0.3, 0.4) is 0 Å². The van der Waals surface area contributed by atoms with E-state index in [2.05, 4.69) is 10.3 Å². The van der Waals surface area contributed by atoms with Gasteiger partial charge in [-0.25, -0.2) is 0 Å². The normalized spacial score (nSPS) is 13.6. The lowest BCUT2D eigenvalue weighted by Crippen LogP contribution is -2.19. The summed E-state index contributed by atoms with van der Waals surface area (Å²) in [6.07, 6.45) is 0.829. The van der Waals surface area contributed by atoms with Crippen LogP contribution in [0.15, 0.2) is 47.5 Å². The number of carbonyl (C=O) groups is 1. The number of carbonyl (C=O) groups excluding carboxylic acids is 1. The number of hydrogen-bond acceptors (Lipinski definition) is 3. The first-order chi connectivity index (χ1) is 11.1. The van der Waals surface area contributed by atoms with E-state index in [1.165, 1.54) is 0 Å². The fourth-order valence-electron chi connectivity index (χ4n) is 2.68. The van der Waals surface area contributed by atoms with E-state index in [1.54, 1.807) is 0 Å². The highest BCUT2D eigenvalue weighted by atomic mass is 35.5. The molecule has 23 heavy (non-hydrogen) atoms. The van der Waals surface area contributed by atoms with Gasteiger partial charge in [0.25, 0.3) is 0 Å². The zero-order valence-corrected chi connectivity index (χ0v) is 13.9. The lowest BCUT2D eigenvalue weighted by molar-refractivity contribution is -0.117. The van der Waals surface area contributed by atoms with Gasteiger partial charge >= 0.3 is 0 Å². The van der Waals surface area contributed by atoms with Gasteiger partial charge in [0, 0.05) is 30.0 Å². The summed E-state index contributed by atoms with van der Waals surface area (Å²) < 4.78 is 0. The number of rotatable bonds is 5. The Labute approximate surface area is 141 Å². The minimum atomic E-state index is 0.184. The Morgan fingerprint density at radius 2 is 1.96 bits per heavy atom. The van der Waals surface area contributed by atoms with Crippen molar-refractivity contribution in [2.75, 3.05) is 13.1 Å². The number of amidine groups is 1. The van der Waals surface area contributed by atoms with Crippen molar-refractivity contribution in [1.82, 2.24) is 5.32 Å². The Morgan fingerprint density at radius 1 is 1.17 bits per heavy atom. The molecule has 0 bridgehead atoms. The van der Waals surface area contributed by atoms with E-state index in [4.69, 9.17) is 11.6 Å². The molecule has 118 valence electrons. The third kappa shape index (κ3) is 3.99. The summed E-state index contributed by atoms with van der Waals surface area (Å²) >= 11 is 6.12. The van der Waals surface area contributed by atoms with Crippen LogP contribution >= 0.6 is 11.6 Å². The quantitative estimate of drug-likeness (QED) is 0.915. The molecule has 3 rings (SSSR count). The molecule has 0 radical (unpaired) electrons. The van der Waals surface area contributed by atoms with Gasteiger partial charge < -0.3 is 5.32 Å². The van der Waals surface area contributed by atoms with Crippen molar-refractivity contribution >= 4 is 23.2 Å². The molecule has 0 fully saturated rings. The van der Waals surface area contributed by atoms with E-state index in [1.807, 2.05) is 49.4 Å². The highest BCUT2D eigenvalue weighted by molar-refractivity contribution is 6.31. The molecule has 0 aliphatic carbocycles. The van der Waals surface area contributed by atoms with E-state index >= 15 is 0 Å². The molecule has 0 spiro atoms. The minimum Gasteiger partial charge on any atom is -0.368 e. The van der Waals surface area contributed by atoms with Gasteiger partial charge in [-0.3, -0.25) is 9.79 Å². The van der Waals surface area contributed by atoms with Gasteiger partial charge in [0.05, 0.1) is 6.54 Å². The highest BCUT2D eigenvalue weighted by Gasteiger charge is 2.11. The molecule has 1 N–H and O–H groups in total. The van der Waals surface area contributed by atoms with Crippen molar-refractivity contribution in [2.24, 2.45) is 4.99 Å².